The number of oxime groups is 1. The average Bonchev–Trinajstić information content (AvgIpc) is 2.41. The molecule has 2 heterocycles. The Bertz CT molecular complexity index is 449. The van der Waals surface area contributed by atoms with Gasteiger partial charge in [0.15, 0.2) is 5.84 Å². The number of hydrogen-bond donors (Lipinski definition) is 3. The van der Waals surface area contributed by atoms with Crippen LogP contribution in [0.2, 0.25) is 0 Å². The van der Waals surface area contributed by atoms with Crippen LogP contribution in [0.1, 0.15) is 19.0 Å². The van der Waals surface area contributed by atoms with Crippen molar-refractivity contribution in [3.63, 3.8) is 0 Å². The van der Waals surface area contributed by atoms with Gasteiger partial charge in [-0.15, -0.1) is 0 Å². The maximum atomic E-state index is 9.70. The number of aliphatic hydroxyl groups is 1. The SMILES string of the molecule is CC1CN(c2cccc(/C(N)=N/O)n2)CCC1O. The summed E-state index contributed by atoms with van der Waals surface area (Å²) in [5.41, 5.74) is 5.97. The number of piperidine rings is 1. The standard InChI is InChI=1S/C12H18N4O2/c1-8-7-16(6-5-10(8)17)11-4-2-3-9(14-11)12(13)15-18/h2-4,8,10,17-18H,5-7H2,1H3,(H2,13,15). The van der Waals surface area contributed by atoms with Crippen molar-refractivity contribution in [3.05, 3.63) is 23.9 Å². The van der Waals surface area contributed by atoms with Crippen molar-refractivity contribution in [2.45, 2.75) is 19.4 Å². The molecule has 0 aliphatic carbocycles. The summed E-state index contributed by atoms with van der Waals surface area (Å²) in [4.78, 5) is 6.46. The minimum Gasteiger partial charge on any atom is -0.409 e. The van der Waals surface area contributed by atoms with E-state index in [-0.39, 0.29) is 17.9 Å². The first kappa shape index (κ1) is 12.6. The number of nitrogens with zero attached hydrogens (tertiary/aromatic N) is 3. The summed E-state index contributed by atoms with van der Waals surface area (Å²) < 4.78 is 0. The summed E-state index contributed by atoms with van der Waals surface area (Å²) in [6.45, 7) is 3.54. The van der Waals surface area contributed by atoms with E-state index in [9.17, 15) is 5.11 Å². The van der Waals surface area contributed by atoms with Gasteiger partial charge in [0.25, 0.3) is 0 Å². The van der Waals surface area contributed by atoms with Crippen LogP contribution in [0, 0.1) is 5.92 Å². The van der Waals surface area contributed by atoms with E-state index in [1.807, 2.05) is 19.1 Å². The van der Waals surface area contributed by atoms with E-state index in [2.05, 4.69) is 15.0 Å². The highest BCUT2D eigenvalue weighted by molar-refractivity contribution is 5.95. The van der Waals surface area contributed by atoms with Gasteiger partial charge in [0, 0.05) is 13.1 Å². The molecule has 2 unspecified atom stereocenters. The molecule has 0 saturated carbocycles. The molecule has 0 amide bonds. The molecule has 0 radical (unpaired) electrons. The zero-order chi connectivity index (χ0) is 13.1. The molecule has 98 valence electrons. The van der Waals surface area contributed by atoms with Crippen molar-refractivity contribution in [2.24, 2.45) is 16.8 Å². The Morgan fingerprint density at radius 3 is 3.00 bits per heavy atom. The summed E-state index contributed by atoms with van der Waals surface area (Å²) in [7, 11) is 0. The monoisotopic (exact) mass is 250 g/mol. The highest BCUT2D eigenvalue weighted by Crippen LogP contribution is 2.21. The number of nitrogens with two attached hydrogens (primary N) is 1. The summed E-state index contributed by atoms with van der Waals surface area (Å²) in [6, 6.07) is 5.41. The van der Waals surface area contributed by atoms with Crippen LogP contribution in [0.15, 0.2) is 23.4 Å². The van der Waals surface area contributed by atoms with Crippen LogP contribution in [-0.4, -0.2) is 40.3 Å². The van der Waals surface area contributed by atoms with Crippen molar-refractivity contribution in [3.8, 4) is 0 Å². The Labute approximate surface area is 106 Å². The van der Waals surface area contributed by atoms with Gasteiger partial charge in [0.2, 0.25) is 0 Å². The van der Waals surface area contributed by atoms with Crippen LogP contribution in [0.3, 0.4) is 0 Å². The van der Waals surface area contributed by atoms with Crippen LogP contribution in [0.4, 0.5) is 5.82 Å². The summed E-state index contributed by atoms with van der Waals surface area (Å²) >= 11 is 0. The molecule has 1 fully saturated rings. The van der Waals surface area contributed by atoms with E-state index in [0.29, 0.717) is 5.69 Å². The lowest BCUT2D eigenvalue weighted by Gasteiger charge is -2.35. The summed E-state index contributed by atoms with van der Waals surface area (Å²) in [5.74, 6) is 1.01. The summed E-state index contributed by atoms with van der Waals surface area (Å²) in [6.07, 6.45) is 0.491. The molecule has 0 aromatic carbocycles. The van der Waals surface area contributed by atoms with E-state index < -0.39 is 0 Å². The third-order valence-corrected chi connectivity index (χ3v) is 3.29. The van der Waals surface area contributed by atoms with Gasteiger partial charge in [-0.2, -0.15) is 0 Å². The predicted octanol–water partition coefficient (Wildman–Crippen LogP) is 0.383. The Morgan fingerprint density at radius 1 is 1.56 bits per heavy atom. The number of aromatic nitrogens is 1. The molecule has 18 heavy (non-hydrogen) atoms. The number of rotatable bonds is 2. The Morgan fingerprint density at radius 2 is 2.33 bits per heavy atom. The third-order valence-electron chi connectivity index (χ3n) is 3.29. The van der Waals surface area contributed by atoms with E-state index >= 15 is 0 Å². The molecule has 1 aromatic heterocycles. The van der Waals surface area contributed by atoms with Gasteiger partial charge >= 0.3 is 0 Å². The Balaban J connectivity index is 2.19. The fourth-order valence-electron chi connectivity index (χ4n) is 2.13. The lowest BCUT2D eigenvalue weighted by atomic mass is 9.97. The van der Waals surface area contributed by atoms with Gasteiger partial charge in [-0.25, -0.2) is 4.98 Å². The topological polar surface area (TPSA) is 95.0 Å². The normalized spacial score (nSPS) is 25.2. The molecule has 6 nitrogen and oxygen atoms in total. The zero-order valence-electron chi connectivity index (χ0n) is 10.3. The van der Waals surface area contributed by atoms with Gasteiger partial charge in [-0.3, -0.25) is 0 Å². The second kappa shape index (κ2) is 5.22. The highest BCUT2D eigenvalue weighted by Gasteiger charge is 2.25. The zero-order valence-corrected chi connectivity index (χ0v) is 10.3. The maximum Gasteiger partial charge on any atom is 0.188 e. The van der Waals surface area contributed by atoms with Crippen molar-refractivity contribution in [2.75, 3.05) is 18.0 Å². The van der Waals surface area contributed by atoms with Crippen LogP contribution in [0.25, 0.3) is 0 Å². The fourth-order valence-corrected chi connectivity index (χ4v) is 2.13. The van der Waals surface area contributed by atoms with E-state index in [0.717, 1.165) is 25.3 Å². The maximum absolute atomic E-state index is 9.70. The largest absolute Gasteiger partial charge is 0.409 e. The van der Waals surface area contributed by atoms with Crippen LogP contribution < -0.4 is 10.6 Å². The van der Waals surface area contributed by atoms with Crippen molar-refractivity contribution < 1.29 is 10.3 Å². The lowest BCUT2D eigenvalue weighted by molar-refractivity contribution is 0.0969. The minimum absolute atomic E-state index is 0.00180. The predicted molar refractivity (Wildman–Crippen MR) is 68.7 cm³/mol. The van der Waals surface area contributed by atoms with E-state index in [4.69, 9.17) is 10.9 Å². The molecule has 1 aromatic rings. The first-order chi connectivity index (χ1) is 8.61. The first-order valence-electron chi connectivity index (χ1n) is 5.99. The summed E-state index contributed by atoms with van der Waals surface area (Å²) in [5, 5.41) is 21.3. The van der Waals surface area contributed by atoms with Crippen LogP contribution >= 0.6 is 0 Å². The smallest absolute Gasteiger partial charge is 0.188 e. The number of pyridine rings is 1. The van der Waals surface area contributed by atoms with Gasteiger partial charge in [0.05, 0.1) is 6.10 Å². The van der Waals surface area contributed by atoms with Gasteiger partial charge in [0.1, 0.15) is 11.5 Å². The highest BCUT2D eigenvalue weighted by atomic mass is 16.4. The van der Waals surface area contributed by atoms with Gasteiger partial charge in [-0.1, -0.05) is 18.1 Å². The van der Waals surface area contributed by atoms with Crippen LogP contribution in [-0.2, 0) is 0 Å². The number of hydrogen-bond acceptors (Lipinski definition) is 5. The molecule has 1 saturated heterocycles. The molecule has 2 rings (SSSR count). The lowest BCUT2D eigenvalue weighted by Crippen LogP contribution is -2.42. The van der Waals surface area contributed by atoms with Gasteiger partial charge in [-0.05, 0) is 24.5 Å². The Kier molecular flexibility index (Phi) is 3.66. The number of anilines is 1. The molecule has 1 aliphatic rings. The van der Waals surface area contributed by atoms with Crippen LogP contribution in [0.5, 0.6) is 0 Å². The molecule has 1 aliphatic heterocycles. The minimum atomic E-state index is -0.242. The fraction of sp³-hybridized carbons (Fsp3) is 0.500. The number of amidine groups is 1. The second-order valence-electron chi connectivity index (χ2n) is 4.65. The quantitative estimate of drug-likeness (QED) is 0.305. The van der Waals surface area contributed by atoms with Crippen molar-refractivity contribution >= 4 is 11.7 Å². The number of aliphatic hydroxyl groups excluding tert-OH is 1. The van der Waals surface area contributed by atoms with E-state index in [1.54, 1.807) is 6.07 Å². The first-order valence-corrected chi connectivity index (χ1v) is 5.99. The van der Waals surface area contributed by atoms with Crippen molar-refractivity contribution in [1.29, 1.82) is 0 Å². The molecule has 6 heteroatoms. The Hall–Kier alpha value is -1.82. The average molecular weight is 250 g/mol. The molecular formula is C12H18N4O2. The molecular weight excluding hydrogens is 232 g/mol. The molecule has 0 bridgehead atoms. The third kappa shape index (κ3) is 2.53. The van der Waals surface area contributed by atoms with E-state index in [1.165, 1.54) is 0 Å². The van der Waals surface area contributed by atoms with Crippen molar-refractivity contribution in [1.82, 2.24) is 4.98 Å². The van der Waals surface area contributed by atoms with Gasteiger partial charge < -0.3 is 20.9 Å². The molecule has 4 N–H and O–H groups in total. The molecule has 2 atom stereocenters. The second-order valence-corrected chi connectivity index (χ2v) is 4.65. The molecule has 0 spiro atoms.